The van der Waals surface area contributed by atoms with Gasteiger partial charge in [0.2, 0.25) is 5.95 Å². The van der Waals surface area contributed by atoms with Gasteiger partial charge < -0.3 is 10.7 Å². The highest BCUT2D eigenvalue weighted by Gasteiger charge is 2.08. The van der Waals surface area contributed by atoms with E-state index in [9.17, 15) is 4.91 Å². The Morgan fingerprint density at radius 2 is 2.38 bits per heavy atom. The van der Waals surface area contributed by atoms with E-state index in [2.05, 4.69) is 24.5 Å². The van der Waals surface area contributed by atoms with E-state index in [1.807, 2.05) is 0 Å². The van der Waals surface area contributed by atoms with Crippen LogP contribution in [0.2, 0.25) is 0 Å². The quantitative estimate of drug-likeness (QED) is 0.415. The third-order valence-electron chi connectivity index (χ3n) is 1.39. The third-order valence-corrected chi connectivity index (χ3v) is 1.94. The van der Waals surface area contributed by atoms with Crippen molar-refractivity contribution in [2.24, 2.45) is 4.58 Å². The lowest BCUT2D eigenvalue weighted by molar-refractivity contribution is 1.10. The van der Waals surface area contributed by atoms with Gasteiger partial charge >= 0.3 is 0 Å². The summed E-state index contributed by atoms with van der Waals surface area (Å²) in [4.78, 5) is 24.4. The number of rotatable bonds is 2. The molecule has 8 heteroatoms. The van der Waals surface area contributed by atoms with Crippen LogP contribution in [0.15, 0.2) is 15.9 Å². The summed E-state index contributed by atoms with van der Waals surface area (Å²) in [5.74, 6) is 0.0748. The van der Waals surface area contributed by atoms with Crippen LogP contribution in [-0.4, -0.2) is 19.9 Å². The molecule has 0 bridgehead atoms. The van der Waals surface area contributed by atoms with E-state index in [1.165, 1.54) is 6.33 Å². The molecule has 0 amide bonds. The first-order chi connectivity index (χ1) is 6.31. The van der Waals surface area contributed by atoms with Crippen molar-refractivity contribution in [3.8, 4) is 0 Å². The van der Waals surface area contributed by atoms with Crippen molar-refractivity contribution < 1.29 is 0 Å². The maximum absolute atomic E-state index is 10.0. The molecule has 0 aliphatic heterocycles. The third kappa shape index (κ3) is 1.31. The van der Waals surface area contributed by atoms with E-state index < -0.39 is 0 Å². The lowest BCUT2D eigenvalue weighted by Crippen LogP contribution is -1.96. The SMILES string of the molecule is Nc1nc(SN=O)c2[nH]cnc2n1. The molecule has 66 valence electrons. The molecule has 2 heterocycles. The van der Waals surface area contributed by atoms with E-state index in [1.54, 1.807) is 0 Å². The molecule has 0 saturated carbocycles. The minimum Gasteiger partial charge on any atom is -0.368 e. The molecule has 7 nitrogen and oxygen atoms in total. The maximum atomic E-state index is 10.0. The highest BCUT2D eigenvalue weighted by molar-refractivity contribution is 7.98. The number of aromatic nitrogens is 4. The molecule has 0 atom stereocenters. The van der Waals surface area contributed by atoms with Crippen LogP contribution in [0.25, 0.3) is 11.2 Å². The van der Waals surface area contributed by atoms with E-state index >= 15 is 0 Å². The summed E-state index contributed by atoms with van der Waals surface area (Å²) < 4.78 is 2.65. The van der Waals surface area contributed by atoms with E-state index in [4.69, 9.17) is 5.73 Å². The van der Waals surface area contributed by atoms with Crippen LogP contribution in [0.3, 0.4) is 0 Å². The number of nitrogen functional groups attached to an aromatic ring is 1. The van der Waals surface area contributed by atoms with Crippen molar-refractivity contribution in [3.05, 3.63) is 11.2 Å². The van der Waals surface area contributed by atoms with Crippen LogP contribution in [-0.2, 0) is 0 Å². The summed E-state index contributed by atoms with van der Waals surface area (Å²) in [7, 11) is 0. The first-order valence-electron chi connectivity index (χ1n) is 3.27. The molecule has 2 aromatic heterocycles. The van der Waals surface area contributed by atoms with Crippen molar-refractivity contribution in [1.29, 1.82) is 0 Å². The fourth-order valence-electron chi connectivity index (χ4n) is 0.924. The van der Waals surface area contributed by atoms with Crippen LogP contribution in [0.4, 0.5) is 5.95 Å². The average molecular weight is 196 g/mol. The van der Waals surface area contributed by atoms with Gasteiger partial charge in [0.15, 0.2) is 10.7 Å². The first kappa shape index (κ1) is 7.92. The number of aromatic amines is 1. The summed E-state index contributed by atoms with van der Waals surface area (Å²) in [5.41, 5.74) is 6.38. The number of nitrogens with one attached hydrogen (secondary N) is 1. The van der Waals surface area contributed by atoms with Gasteiger partial charge in [-0.15, -0.1) is 4.91 Å². The van der Waals surface area contributed by atoms with Gasteiger partial charge in [-0.2, -0.15) is 4.98 Å². The molecule has 0 fully saturated rings. The van der Waals surface area contributed by atoms with Crippen molar-refractivity contribution in [3.63, 3.8) is 0 Å². The smallest absolute Gasteiger partial charge is 0.223 e. The minimum atomic E-state index is 0.0748. The van der Waals surface area contributed by atoms with Gasteiger partial charge in [-0.1, -0.05) is 0 Å². The van der Waals surface area contributed by atoms with Gasteiger partial charge in [0.1, 0.15) is 5.52 Å². The van der Waals surface area contributed by atoms with Crippen LogP contribution in [0.5, 0.6) is 0 Å². The predicted molar refractivity (Wildman–Crippen MR) is 47.7 cm³/mol. The summed E-state index contributed by atoms with van der Waals surface area (Å²) in [6.07, 6.45) is 1.45. The van der Waals surface area contributed by atoms with Gasteiger partial charge in [-0.05, 0) is 0 Å². The number of nitrogens with zero attached hydrogens (tertiary/aromatic N) is 4. The topological polar surface area (TPSA) is 110 Å². The fraction of sp³-hybridized carbons (Fsp3) is 0. The zero-order valence-corrected chi connectivity index (χ0v) is 7.08. The van der Waals surface area contributed by atoms with Gasteiger partial charge in [-0.25, -0.2) is 9.97 Å². The number of anilines is 1. The standard InChI is InChI=1S/C5H4N6OS/c6-5-9-3-2(7-1-8-3)4(10-5)13-11-12/h1H,(H3,6,7,8,9,10). The largest absolute Gasteiger partial charge is 0.368 e. The molecule has 0 aliphatic carbocycles. The van der Waals surface area contributed by atoms with Crippen LogP contribution in [0.1, 0.15) is 0 Å². The van der Waals surface area contributed by atoms with Crippen molar-refractivity contribution in [2.45, 2.75) is 5.03 Å². The molecule has 2 aromatic rings. The Bertz CT molecular complexity index is 453. The monoisotopic (exact) mass is 196 g/mol. The minimum absolute atomic E-state index is 0.0748. The average Bonchev–Trinajstić information content (AvgIpc) is 2.52. The molecule has 0 radical (unpaired) electrons. The maximum Gasteiger partial charge on any atom is 0.223 e. The Morgan fingerprint density at radius 1 is 1.54 bits per heavy atom. The van der Waals surface area contributed by atoms with E-state index in [0.717, 1.165) is 0 Å². The zero-order valence-electron chi connectivity index (χ0n) is 6.26. The molecule has 3 N–H and O–H groups in total. The number of hydrogen-bond donors (Lipinski definition) is 2. The molecule has 0 aliphatic rings. The highest BCUT2D eigenvalue weighted by Crippen LogP contribution is 2.23. The lowest BCUT2D eigenvalue weighted by atomic mass is 10.5. The summed E-state index contributed by atoms with van der Waals surface area (Å²) >= 11 is 0.691. The first-order valence-corrected chi connectivity index (χ1v) is 4.05. The van der Waals surface area contributed by atoms with E-state index in [0.29, 0.717) is 28.1 Å². The Kier molecular flexibility index (Phi) is 1.81. The zero-order chi connectivity index (χ0) is 9.26. The molecule has 2 rings (SSSR count). The second-order valence-electron chi connectivity index (χ2n) is 2.15. The second kappa shape index (κ2) is 2.98. The Balaban J connectivity index is 2.69. The summed E-state index contributed by atoms with van der Waals surface area (Å²) in [5, 5.41) is 0.384. The van der Waals surface area contributed by atoms with Crippen molar-refractivity contribution >= 4 is 29.1 Å². The molecule has 13 heavy (non-hydrogen) atoms. The Labute approximate surface area is 76.3 Å². The normalized spacial score (nSPS) is 10.5. The van der Waals surface area contributed by atoms with Crippen molar-refractivity contribution in [1.82, 2.24) is 19.9 Å². The summed E-state index contributed by atoms with van der Waals surface area (Å²) in [6, 6.07) is 0. The van der Waals surface area contributed by atoms with Gasteiger partial charge in [0.25, 0.3) is 0 Å². The number of H-pyrrole nitrogens is 1. The number of nitrogens with two attached hydrogens (primary N) is 1. The molecule has 0 unspecified atom stereocenters. The predicted octanol–water partition coefficient (Wildman–Crippen LogP) is 0.709. The Morgan fingerprint density at radius 3 is 3.15 bits per heavy atom. The second-order valence-corrected chi connectivity index (χ2v) is 2.87. The molecular weight excluding hydrogens is 192 g/mol. The number of nitroso groups, excluding NO2 is 1. The number of imidazole rings is 1. The van der Waals surface area contributed by atoms with Gasteiger partial charge in [0, 0.05) is 4.58 Å². The van der Waals surface area contributed by atoms with E-state index in [-0.39, 0.29) is 5.95 Å². The van der Waals surface area contributed by atoms with Crippen LogP contribution >= 0.6 is 11.9 Å². The molecule has 0 saturated heterocycles. The highest BCUT2D eigenvalue weighted by atomic mass is 32.2. The van der Waals surface area contributed by atoms with Crippen molar-refractivity contribution in [2.75, 3.05) is 5.73 Å². The fourth-order valence-corrected chi connectivity index (χ4v) is 1.37. The van der Waals surface area contributed by atoms with Gasteiger partial charge in [0.05, 0.1) is 18.3 Å². The van der Waals surface area contributed by atoms with Crippen LogP contribution in [0, 0.1) is 4.91 Å². The summed E-state index contributed by atoms with van der Waals surface area (Å²) in [6.45, 7) is 0. The lowest BCUT2D eigenvalue weighted by Gasteiger charge is -1.95. The Hall–Kier alpha value is -1.70. The van der Waals surface area contributed by atoms with Crippen LogP contribution < -0.4 is 5.73 Å². The number of hydrogen-bond acceptors (Lipinski definition) is 7. The number of fused-ring (bicyclic) bond motifs is 1. The molecule has 0 aromatic carbocycles. The molecule has 0 spiro atoms. The molecular formula is C5H4N6OS. The van der Waals surface area contributed by atoms with Gasteiger partial charge in [-0.3, -0.25) is 0 Å².